The highest BCUT2D eigenvalue weighted by Gasteiger charge is 2.23. The molecule has 0 atom stereocenters. The molecule has 1 saturated carbocycles. The number of aryl methyl sites for hydroxylation is 1. The zero-order valence-electron chi connectivity index (χ0n) is 17.4. The Bertz CT molecular complexity index is 872. The molecule has 0 saturated heterocycles. The minimum atomic E-state index is -0.933. The van der Waals surface area contributed by atoms with Crippen molar-refractivity contribution >= 4 is 30.1 Å². The van der Waals surface area contributed by atoms with Gasteiger partial charge in [-0.2, -0.15) is 4.98 Å². The first-order valence-corrected chi connectivity index (χ1v) is 9.82. The van der Waals surface area contributed by atoms with E-state index in [1.165, 1.54) is 6.07 Å². The predicted molar refractivity (Wildman–Crippen MR) is 116 cm³/mol. The average molecular weight is 440 g/mol. The van der Waals surface area contributed by atoms with Crippen molar-refractivity contribution in [2.45, 2.75) is 51.1 Å². The number of aromatic nitrogens is 2. The van der Waals surface area contributed by atoms with Crippen molar-refractivity contribution in [3.8, 4) is 0 Å². The van der Waals surface area contributed by atoms with Crippen LogP contribution in [0.2, 0.25) is 0 Å². The first-order valence-electron chi connectivity index (χ1n) is 9.82. The molecule has 9 heteroatoms. The molecule has 1 aliphatic carbocycles. The molecule has 2 aromatic rings. The average Bonchev–Trinajstić information content (AvgIpc) is 2.67. The quantitative estimate of drug-likeness (QED) is 0.719. The highest BCUT2D eigenvalue weighted by molar-refractivity contribution is 5.85. The molecule has 0 unspecified atom stereocenters. The lowest BCUT2D eigenvalue weighted by Gasteiger charge is -2.30. The van der Waals surface area contributed by atoms with Crippen LogP contribution in [-0.4, -0.2) is 42.1 Å². The van der Waals surface area contributed by atoms with Crippen LogP contribution in [0.25, 0.3) is 0 Å². The van der Waals surface area contributed by atoms with Gasteiger partial charge in [0, 0.05) is 37.9 Å². The van der Waals surface area contributed by atoms with Gasteiger partial charge in [-0.05, 0) is 50.3 Å². The van der Waals surface area contributed by atoms with Gasteiger partial charge >= 0.3 is 0 Å². The lowest BCUT2D eigenvalue weighted by molar-refractivity contribution is -0.121. The summed E-state index contributed by atoms with van der Waals surface area (Å²) in [5.41, 5.74) is 1.48. The van der Waals surface area contributed by atoms with Crippen LogP contribution in [0.1, 0.15) is 36.8 Å². The summed E-state index contributed by atoms with van der Waals surface area (Å²) >= 11 is 0. The molecule has 6 nitrogen and oxygen atoms in total. The Morgan fingerprint density at radius 3 is 2.43 bits per heavy atom. The van der Waals surface area contributed by atoms with Gasteiger partial charge in [0.05, 0.1) is 6.42 Å². The molecule has 0 radical (unpaired) electrons. The molecule has 1 heterocycles. The fraction of sp³-hybridized carbons (Fsp3) is 0.476. The van der Waals surface area contributed by atoms with Gasteiger partial charge in [-0.25, -0.2) is 13.8 Å². The van der Waals surface area contributed by atoms with Crippen LogP contribution < -0.4 is 15.5 Å². The Labute approximate surface area is 181 Å². The van der Waals surface area contributed by atoms with Crippen LogP contribution in [0.4, 0.5) is 20.5 Å². The summed E-state index contributed by atoms with van der Waals surface area (Å²) in [4.78, 5) is 23.1. The molecular weight excluding hydrogens is 412 g/mol. The van der Waals surface area contributed by atoms with E-state index in [0.717, 1.165) is 49.2 Å². The molecule has 1 aliphatic rings. The maximum absolute atomic E-state index is 13.3. The summed E-state index contributed by atoms with van der Waals surface area (Å²) in [6.45, 7) is 1.98. The minimum absolute atomic E-state index is 0. The third-order valence-corrected chi connectivity index (χ3v) is 5.14. The molecule has 1 fully saturated rings. The number of amides is 1. The number of benzene rings is 1. The van der Waals surface area contributed by atoms with Crippen LogP contribution in [0, 0.1) is 18.6 Å². The van der Waals surface area contributed by atoms with Crippen LogP contribution in [0.3, 0.4) is 0 Å². The van der Waals surface area contributed by atoms with E-state index in [9.17, 15) is 13.6 Å². The maximum Gasteiger partial charge on any atom is 0.224 e. The van der Waals surface area contributed by atoms with Gasteiger partial charge < -0.3 is 15.5 Å². The van der Waals surface area contributed by atoms with E-state index < -0.39 is 11.6 Å². The minimum Gasteiger partial charge on any atom is -0.362 e. The zero-order chi connectivity index (χ0) is 21.0. The number of hydrogen-bond acceptors (Lipinski definition) is 5. The Morgan fingerprint density at radius 1 is 1.13 bits per heavy atom. The van der Waals surface area contributed by atoms with Gasteiger partial charge in [-0.1, -0.05) is 6.07 Å². The van der Waals surface area contributed by atoms with Crippen molar-refractivity contribution in [3.63, 3.8) is 0 Å². The van der Waals surface area contributed by atoms with E-state index in [1.807, 2.05) is 32.1 Å². The van der Waals surface area contributed by atoms with Crippen LogP contribution in [0.5, 0.6) is 0 Å². The molecule has 164 valence electrons. The number of nitrogens with one attached hydrogen (secondary N) is 2. The third kappa shape index (κ3) is 6.26. The molecule has 1 aromatic heterocycles. The number of nitrogens with zero attached hydrogens (tertiary/aromatic N) is 3. The second-order valence-corrected chi connectivity index (χ2v) is 7.78. The van der Waals surface area contributed by atoms with Crippen molar-refractivity contribution in [2.75, 3.05) is 24.3 Å². The zero-order valence-corrected chi connectivity index (χ0v) is 18.2. The number of halogens is 3. The van der Waals surface area contributed by atoms with E-state index in [-0.39, 0.29) is 36.8 Å². The second kappa shape index (κ2) is 10.5. The topological polar surface area (TPSA) is 70.1 Å². The number of carbonyl (C=O) groups excluding carboxylic acids is 1. The molecule has 1 amide bonds. The van der Waals surface area contributed by atoms with Crippen LogP contribution in [-0.2, 0) is 11.2 Å². The summed E-state index contributed by atoms with van der Waals surface area (Å²) in [6, 6.07) is 3.89. The number of anilines is 2. The van der Waals surface area contributed by atoms with Crippen LogP contribution in [0.15, 0.2) is 24.4 Å². The fourth-order valence-electron chi connectivity index (χ4n) is 3.63. The molecule has 2 N–H and O–H groups in total. The SMILES string of the molecule is Cc1cnc(NC2CCC(NC(=O)Cc3ccc(F)c(F)c3)CC2)nc1N(C)C.Cl. The molecule has 3 rings (SSSR count). The highest BCUT2D eigenvalue weighted by atomic mass is 35.5. The van der Waals surface area contributed by atoms with E-state index in [4.69, 9.17) is 0 Å². The van der Waals surface area contributed by atoms with Crippen molar-refractivity contribution < 1.29 is 13.6 Å². The number of carbonyl (C=O) groups is 1. The maximum atomic E-state index is 13.3. The number of hydrogen-bond donors (Lipinski definition) is 2. The van der Waals surface area contributed by atoms with E-state index in [1.54, 1.807) is 0 Å². The molecular formula is C21H28ClF2N5O. The van der Waals surface area contributed by atoms with Gasteiger partial charge in [0.1, 0.15) is 5.82 Å². The van der Waals surface area contributed by atoms with E-state index in [2.05, 4.69) is 20.6 Å². The first kappa shape index (κ1) is 23.8. The highest BCUT2D eigenvalue weighted by Crippen LogP contribution is 2.23. The van der Waals surface area contributed by atoms with Gasteiger partial charge in [0.25, 0.3) is 0 Å². The third-order valence-electron chi connectivity index (χ3n) is 5.14. The van der Waals surface area contributed by atoms with Crippen molar-refractivity contribution in [3.05, 3.63) is 47.2 Å². The van der Waals surface area contributed by atoms with Crippen molar-refractivity contribution in [1.29, 1.82) is 0 Å². The molecule has 0 spiro atoms. The van der Waals surface area contributed by atoms with Crippen LogP contribution >= 0.6 is 12.4 Å². The van der Waals surface area contributed by atoms with Crippen molar-refractivity contribution in [1.82, 2.24) is 15.3 Å². The molecule has 0 aliphatic heterocycles. The Kier molecular flexibility index (Phi) is 8.34. The largest absolute Gasteiger partial charge is 0.362 e. The summed E-state index contributed by atoms with van der Waals surface area (Å²) in [7, 11) is 3.90. The Balaban J connectivity index is 0.00000320. The summed E-state index contributed by atoms with van der Waals surface area (Å²) in [6.07, 6.45) is 5.32. The number of rotatable bonds is 6. The summed E-state index contributed by atoms with van der Waals surface area (Å²) < 4.78 is 26.3. The normalized spacial score (nSPS) is 18.3. The molecule has 1 aromatic carbocycles. The standard InChI is InChI=1S/C21H27F2N5O.ClH/c1-13-12-24-21(27-20(13)28(2)3)26-16-7-5-15(6-8-16)25-19(29)11-14-4-9-17(22)18(23)10-14;/h4,9-10,12,15-16H,5-8,11H2,1-3H3,(H,25,29)(H,24,26,27);1H. The van der Waals surface area contributed by atoms with Gasteiger partial charge in [-0.15, -0.1) is 12.4 Å². The van der Waals surface area contributed by atoms with E-state index in [0.29, 0.717) is 11.5 Å². The van der Waals surface area contributed by atoms with Gasteiger partial charge in [0.15, 0.2) is 11.6 Å². The molecule has 0 bridgehead atoms. The second-order valence-electron chi connectivity index (χ2n) is 7.78. The predicted octanol–water partition coefficient (Wildman–Crippen LogP) is 3.63. The Morgan fingerprint density at radius 2 is 1.80 bits per heavy atom. The lowest BCUT2D eigenvalue weighted by atomic mass is 9.91. The van der Waals surface area contributed by atoms with Gasteiger partial charge in [0.2, 0.25) is 11.9 Å². The molecule has 30 heavy (non-hydrogen) atoms. The fourth-order valence-corrected chi connectivity index (χ4v) is 3.63. The smallest absolute Gasteiger partial charge is 0.224 e. The lowest BCUT2D eigenvalue weighted by Crippen LogP contribution is -2.41. The van der Waals surface area contributed by atoms with Gasteiger partial charge in [-0.3, -0.25) is 4.79 Å². The summed E-state index contributed by atoms with van der Waals surface area (Å²) in [5.74, 6) is -0.511. The monoisotopic (exact) mass is 439 g/mol. The Hall–Kier alpha value is -2.48. The summed E-state index contributed by atoms with van der Waals surface area (Å²) in [5, 5.41) is 6.39. The van der Waals surface area contributed by atoms with Crippen molar-refractivity contribution in [2.24, 2.45) is 0 Å². The van der Waals surface area contributed by atoms with E-state index >= 15 is 0 Å². The first-order chi connectivity index (χ1) is 13.8.